The quantitative estimate of drug-likeness (QED) is 0.435. The molecule has 0 saturated heterocycles. The minimum absolute atomic E-state index is 0.101. The molecule has 160 valence electrons. The average Bonchev–Trinajstić information content (AvgIpc) is 2.77. The van der Waals surface area contributed by atoms with E-state index in [1.54, 1.807) is 7.11 Å². The molecule has 0 radical (unpaired) electrons. The van der Waals surface area contributed by atoms with Crippen LogP contribution in [0, 0.1) is 18.3 Å². The lowest BCUT2D eigenvalue weighted by atomic mass is 10.2. The topological polar surface area (TPSA) is 129 Å². The molecule has 1 heterocycles. The zero-order valence-corrected chi connectivity index (χ0v) is 17.9. The molecule has 0 aliphatic carbocycles. The predicted octanol–water partition coefficient (Wildman–Crippen LogP) is 2.80. The number of aromatic nitrogens is 2. The Morgan fingerprint density at radius 2 is 1.74 bits per heavy atom. The number of nitriles is 1. The van der Waals surface area contributed by atoms with Gasteiger partial charge in [-0.05, 0) is 55.5 Å². The van der Waals surface area contributed by atoms with Crippen LogP contribution in [-0.2, 0) is 10.0 Å². The number of rotatable bonds is 9. The highest BCUT2D eigenvalue weighted by molar-refractivity contribution is 7.89. The van der Waals surface area contributed by atoms with E-state index in [9.17, 15) is 8.42 Å². The van der Waals surface area contributed by atoms with Gasteiger partial charge in [0.1, 0.15) is 11.6 Å². The van der Waals surface area contributed by atoms with Crippen LogP contribution in [0.15, 0.2) is 59.5 Å². The summed E-state index contributed by atoms with van der Waals surface area (Å²) in [6.07, 6.45) is 0. The number of aryl methyl sites for hydroxylation is 1. The second-order valence-electron chi connectivity index (χ2n) is 6.53. The van der Waals surface area contributed by atoms with Gasteiger partial charge in [0, 0.05) is 30.5 Å². The summed E-state index contributed by atoms with van der Waals surface area (Å²) in [4.78, 5) is 8.84. The molecule has 0 bridgehead atoms. The third-order valence-electron chi connectivity index (χ3n) is 4.21. The highest BCUT2D eigenvalue weighted by atomic mass is 32.2. The van der Waals surface area contributed by atoms with Gasteiger partial charge in [0.2, 0.25) is 16.0 Å². The number of hydrogen-bond acceptors (Lipinski definition) is 8. The molecular weight excluding hydrogens is 416 g/mol. The van der Waals surface area contributed by atoms with Gasteiger partial charge < -0.3 is 15.4 Å². The van der Waals surface area contributed by atoms with Crippen molar-refractivity contribution in [2.75, 3.05) is 30.8 Å². The molecule has 3 N–H and O–H groups in total. The molecule has 3 rings (SSSR count). The standard InChI is InChI=1S/C21H22N6O3S/c1-15-13-20(26-17-5-7-18(30-2)8-6-17)27-21(25-15)23-11-12-24-31(28,29)19-9-3-16(14-22)4-10-19/h3-10,13,24H,11-12H2,1-2H3,(H2,23,25,26,27). The number of nitrogens with zero attached hydrogens (tertiary/aromatic N) is 3. The van der Waals surface area contributed by atoms with Crippen molar-refractivity contribution in [1.82, 2.24) is 14.7 Å². The van der Waals surface area contributed by atoms with Gasteiger partial charge in [0.15, 0.2) is 0 Å². The van der Waals surface area contributed by atoms with Crippen LogP contribution in [-0.4, -0.2) is 38.6 Å². The van der Waals surface area contributed by atoms with Crippen molar-refractivity contribution in [2.45, 2.75) is 11.8 Å². The fourth-order valence-electron chi connectivity index (χ4n) is 2.69. The Morgan fingerprint density at radius 3 is 2.39 bits per heavy atom. The van der Waals surface area contributed by atoms with Crippen LogP contribution >= 0.6 is 0 Å². The molecule has 0 aliphatic heterocycles. The highest BCUT2D eigenvalue weighted by Gasteiger charge is 2.13. The van der Waals surface area contributed by atoms with Crippen LogP contribution < -0.4 is 20.1 Å². The predicted molar refractivity (Wildman–Crippen MR) is 118 cm³/mol. The normalized spacial score (nSPS) is 10.9. The van der Waals surface area contributed by atoms with E-state index in [0.717, 1.165) is 17.1 Å². The summed E-state index contributed by atoms with van der Waals surface area (Å²) < 4.78 is 32.3. The fourth-order valence-corrected chi connectivity index (χ4v) is 3.72. The van der Waals surface area contributed by atoms with Gasteiger partial charge in [-0.15, -0.1) is 0 Å². The van der Waals surface area contributed by atoms with Crippen LogP contribution in [0.2, 0.25) is 0 Å². The summed E-state index contributed by atoms with van der Waals surface area (Å²) in [7, 11) is -2.06. The molecule has 0 amide bonds. The van der Waals surface area contributed by atoms with Gasteiger partial charge in [-0.2, -0.15) is 10.2 Å². The van der Waals surface area contributed by atoms with E-state index >= 15 is 0 Å². The summed E-state index contributed by atoms with van der Waals surface area (Å²) in [5.74, 6) is 1.75. The molecule has 2 aromatic carbocycles. The largest absolute Gasteiger partial charge is 0.497 e. The summed E-state index contributed by atoms with van der Waals surface area (Å²) >= 11 is 0. The van der Waals surface area contributed by atoms with Gasteiger partial charge >= 0.3 is 0 Å². The monoisotopic (exact) mass is 438 g/mol. The minimum Gasteiger partial charge on any atom is -0.497 e. The van der Waals surface area contributed by atoms with Crippen LogP contribution in [0.5, 0.6) is 5.75 Å². The Kier molecular flexibility index (Phi) is 7.02. The van der Waals surface area contributed by atoms with Crippen molar-refractivity contribution < 1.29 is 13.2 Å². The smallest absolute Gasteiger partial charge is 0.240 e. The number of sulfonamides is 1. The van der Waals surface area contributed by atoms with Crippen molar-refractivity contribution in [3.05, 3.63) is 65.9 Å². The van der Waals surface area contributed by atoms with Crippen LogP contribution in [0.3, 0.4) is 0 Å². The molecule has 0 aliphatic rings. The second kappa shape index (κ2) is 9.88. The molecule has 0 fully saturated rings. The minimum atomic E-state index is -3.67. The van der Waals surface area contributed by atoms with E-state index < -0.39 is 10.0 Å². The summed E-state index contributed by atoms with van der Waals surface area (Å²) in [6, 6.07) is 16.9. The zero-order valence-electron chi connectivity index (χ0n) is 17.1. The van der Waals surface area contributed by atoms with Gasteiger partial charge in [-0.1, -0.05) is 0 Å². The van der Waals surface area contributed by atoms with Crippen molar-refractivity contribution in [3.63, 3.8) is 0 Å². The molecule has 0 atom stereocenters. The van der Waals surface area contributed by atoms with Crippen LogP contribution in [0.1, 0.15) is 11.3 Å². The molecule has 9 nitrogen and oxygen atoms in total. The SMILES string of the molecule is COc1ccc(Nc2cc(C)nc(NCCNS(=O)(=O)c3ccc(C#N)cc3)n2)cc1. The van der Waals surface area contributed by atoms with Gasteiger partial charge in [-0.25, -0.2) is 18.1 Å². The maximum Gasteiger partial charge on any atom is 0.240 e. The Bertz CT molecular complexity index is 1170. The fraction of sp³-hybridized carbons (Fsp3) is 0.190. The lowest BCUT2D eigenvalue weighted by Crippen LogP contribution is -2.29. The Labute approximate surface area is 181 Å². The maximum absolute atomic E-state index is 12.3. The zero-order chi connectivity index (χ0) is 22.3. The van der Waals surface area contributed by atoms with E-state index in [4.69, 9.17) is 10.00 Å². The number of benzene rings is 2. The average molecular weight is 439 g/mol. The number of hydrogen-bond donors (Lipinski definition) is 3. The van der Waals surface area contributed by atoms with E-state index in [-0.39, 0.29) is 11.4 Å². The maximum atomic E-state index is 12.3. The molecule has 1 aromatic heterocycles. The van der Waals surface area contributed by atoms with Crippen LogP contribution in [0.4, 0.5) is 17.5 Å². The van der Waals surface area contributed by atoms with Crippen molar-refractivity contribution in [2.24, 2.45) is 0 Å². The molecule has 31 heavy (non-hydrogen) atoms. The van der Waals surface area contributed by atoms with Crippen LogP contribution in [0.25, 0.3) is 0 Å². The summed E-state index contributed by atoms with van der Waals surface area (Å²) in [5.41, 5.74) is 2.00. The first kappa shape index (κ1) is 22.0. The molecule has 0 unspecified atom stereocenters. The third-order valence-corrected chi connectivity index (χ3v) is 5.69. The second-order valence-corrected chi connectivity index (χ2v) is 8.30. The first-order chi connectivity index (χ1) is 14.9. The number of nitrogens with one attached hydrogen (secondary N) is 3. The molecular formula is C21H22N6O3S. The Balaban J connectivity index is 1.56. The number of ether oxygens (including phenoxy) is 1. The van der Waals surface area contributed by atoms with Crippen molar-refractivity contribution in [3.8, 4) is 11.8 Å². The first-order valence-electron chi connectivity index (χ1n) is 9.40. The van der Waals surface area contributed by atoms with Crippen molar-refractivity contribution in [1.29, 1.82) is 5.26 Å². The lowest BCUT2D eigenvalue weighted by molar-refractivity contribution is 0.415. The number of methoxy groups -OCH3 is 1. The van der Waals surface area contributed by atoms with Crippen molar-refractivity contribution >= 4 is 27.5 Å². The summed E-state index contributed by atoms with van der Waals surface area (Å²) in [6.45, 7) is 2.28. The molecule has 3 aromatic rings. The number of anilines is 3. The van der Waals surface area contributed by atoms with E-state index in [1.165, 1.54) is 24.3 Å². The van der Waals surface area contributed by atoms with Gasteiger partial charge in [0.25, 0.3) is 0 Å². The first-order valence-corrected chi connectivity index (χ1v) is 10.9. The molecule has 0 spiro atoms. The Hall–Kier alpha value is -3.68. The van der Waals surface area contributed by atoms with E-state index in [2.05, 4.69) is 25.3 Å². The Morgan fingerprint density at radius 1 is 1.03 bits per heavy atom. The van der Waals surface area contributed by atoms with E-state index in [1.807, 2.05) is 43.3 Å². The molecule has 0 saturated carbocycles. The summed E-state index contributed by atoms with van der Waals surface area (Å²) in [5, 5.41) is 15.0. The van der Waals surface area contributed by atoms with Gasteiger partial charge in [0.05, 0.1) is 23.6 Å². The highest BCUT2D eigenvalue weighted by Crippen LogP contribution is 2.20. The third kappa shape index (κ3) is 6.15. The molecule has 10 heteroatoms. The lowest BCUT2D eigenvalue weighted by Gasteiger charge is -2.11. The van der Waals surface area contributed by atoms with E-state index in [0.29, 0.717) is 23.9 Å². The van der Waals surface area contributed by atoms with Gasteiger partial charge in [-0.3, -0.25) is 0 Å².